The minimum Gasteiger partial charge on any atom is -0.310 e. The van der Waals surface area contributed by atoms with E-state index in [4.69, 9.17) is 0 Å². The summed E-state index contributed by atoms with van der Waals surface area (Å²) < 4.78 is 2.54. The van der Waals surface area contributed by atoms with Crippen LogP contribution in [0.1, 0.15) is 22.3 Å². The van der Waals surface area contributed by atoms with Crippen LogP contribution in [0.25, 0.3) is 49.7 Å². The molecule has 0 bridgehead atoms. The Kier molecular flexibility index (Phi) is 5.91. The molecule has 1 spiro atoms. The predicted molar refractivity (Wildman–Crippen MR) is 212 cm³/mol. The maximum absolute atomic E-state index is 2.54. The number of hydrogen-bond donors (Lipinski definition) is 0. The summed E-state index contributed by atoms with van der Waals surface area (Å²) in [6.07, 6.45) is 0. The smallest absolute Gasteiger partial charge is 0.0755 e. The van der Waals surface area contributed by atoms with Crippen molar-refractivity contribution in [2.75, 3.05) is 4.90 Å². The summed E-state index contributed by atoms with van der Waals surface area (Å²) in [5, 5.41) is 2.50. The van der Waals surface area contributed by atoms with Crippen molar-refractivity contribution in [2.24, 2.45) is 0 Å². The van der Waals surface area contributed by atoms with Crippen LogP contribution < -0.4 is 4.90 Å². The van der Waals surface area contributed by atoms with Crippen LogP contribution in [0.5, 0.6) is 0 Å². The molecule has 0 N–H and O–H groups in total. The van der Waals surface area contributed by atoms with Crippen LogP contribution in [-0.4, -0.2) is 4.57 Å². The van der Waals surface area contributed by atoms with E-state index < -0.39 is 5.41 Å². The van der Waals surface area contributed by atoms with Gasteiger partial charge in [0.15, 0.2) is 0 Å². The van der Waals surface area contributed by atoms with Gasteiger partial charge in [-0.05, 0) is 99.1 Å². The van der Waals surface area contributed by atoms with Crippen molar-refractivity contribution in [1.82, 2.24) is 4.57 Å². The van der Waals surface area contributed by atoms with E-state index in [1.165, 1.54) is 72.0 Å². The maximum Gasteiger partial charge on any atom is 0.0755 e. The van der Waals surface area contributed by atoms with E-state index in [-0.39, 0.29) is 0 Å². The van der Waals surface area contributed by atoms with Crippen molar-refractivity contribution in [3.63, 3.8) is 0 Å². The highest BCUT2D eigenvalue weighted by Crippen LogP contribution is 2.61. The largest absolute Gasteiger partial charge is 0.310 e. The van der Waals surface area contributed by atoms with Crippen LogP contribution in [0.15, 0.2) is 194 Å². The minimum atomic E-state index is -0.510. The van der Waals surface area contributed by atoms with Gasteiger partial charge in [-0.2, -0.15) is 0 Å². The monoisotopic (exact) mass is 648 g/mol. The third kappa shape index (κ3) is 3.82. The standard InChI is InChI=1S/C49H32N2/c1-4-16-33(17-5-1)34-28-29-46-40(30-34)41-31-37(50(35-18-6-2-7-19-35)36-20-8-3-9-21-36)32-45-48(41)51(46)47-27-15-14-26-44(47)49(45)42-24-12-10-22-38(42)39-23-11-13-25-43(39)49/h1-32H. The third-order valence-electron chi connectivity index (χ3n) is 11.1. The van der Waals surface area contributed by atoms with Gasteiger partial charge in [0.1, 0.15) is 0 Å². The molecular weight excluding hydrogens is 617 g/mol. The van der Waals surface area contributed by atoms with Crippen LogP contribution in [0.2, 0.25) is 0 Å². The summed E-state index contributed by atoms with van der Waals surface area (Å²) in [6, 6.07) is 71.5. The molecule has 11 rings (SSSR count). The van der Waals surface area contributed by atoms with Gasteiger partial charge in [0, 0.05) is 27.8 Å². The number of hydrogen-bond acceptors (Lipinski definition) is 1. The van der Waals surface area contributed by atoms with E-state index in [0.717, 1.165) is 17.1 Å². The molecule has 2 heterocycles. The molecule has 0 fully saturated rings. The molecule has 1 aliphatic heterocycles. The Labute approximate surface area is 297 Å². The molecule has 1 aromatic heterocycles. The first-order chi connectivity index (χ1) is 25.3. The van der Waals surface area contributed by atoms with Crippen molar-refractivity contribution >= 4 is 38.9 Å². The van der Waals surface area contributed by atoms with Gasteiger partial charge in [0.25, 0.3) is 0 Å². The number of benzene rings is 8. The molecule has 51 heavy (non-hydrogen) atoms. The molecule has 2 nitrogen and oxygen atoms in total. The van der Waals surface area contributed by atoms with Crippen molar-refractivity contribution in [3.05, 3.63) is 216 Å². The summed E-state index contributed by atoms with van der Waals surface area (Å²) in [5.74, 6) is 0. The molecule has 0 unspecified atom stereocenters. The summed E-state index contributed by atoms with van der Waals surface area (Å²) in [5.41, 5.74) is 16.9. The second-order valence-electron chi connectivity index (χ2n) is 13.7. The number of anilines is 3. The SMILES string of the molecule is c1ccc(-c2ccc3c(c2)c2cc(N(c4ccccc4)c4ccccc4)cc4c2n3-c2ccccc2C42c3ccccc3-c3ccccc32)cc1. The number of para-hydroxylation sites is 3. The Morgan fingerprint density at radius 3 is 1.57 bits per heavy atom. The Balaban J connectivity index is 1.35. The lowest BCUT2D eigenvalue weighted by atomic mass is 9.65. The van der Waals surface area contributed by atoms with Gasteiger partial charge < -0.3 is 9.47 Å². The molecule has 1 aliphatic carbocycles. The highest BCUT2D eigenvalue weighted by molar-refractivity contribution is 6.15. The van der Waals surface area contributed by atoms with Gasteiger partial charge in [-0.25, -0.2) is 0 Å². The molecule has 8 aromatic carbocycles. The highest BCUT2D eigenvalue weighted by Gasteiger charge is 2.51. The fraction of sp³-hybridized carbons (Fsp3) is 0.0204. The van der Waals surface area contributed by atoms with Crippen LogP contribution in [0.4, 0.5) is 17.1 Å². The first-order valence-electron chi connectivity index (χ1n) is 17.7. The fourth-order valence-electron chi connectivity index (χ4n) is 9.16. The van der Waals surface area contributed by atoms with Gasteiger partial charge in [0.2, 0.25) is 0 Å². The molecule has 0 amide bonds. The number of aromatic nitrogens is 1. The molecule has 9 aromatic rings. The Hall–Kier alpha value is -6.64. The van der Waals surface area contributed by atoms with Gasteiger partial charge in [0.05, 0.1) is 22.1 Å². The first-order valence-corrected chi connectivity index (χ1v) is 17.7. The average Bonchev–Trinajstić information content (AvgIpc) is 3.69. The summed E-state index contributed by atoms with van der Waals surface area (Å²) >= 11 is 0. The Bertz CT molecular complexity index is 2710. The molecule has 0 atom stereocenters. The van der Waals surface area contributed by atoms with Gasteiger partial charge in [-0.1, -0.05) is 140 Å². The van der Waals surface area contributed by atoms with E-state index in [1.807, 2.05) is 0 Å². The quantitative estimate of drug-likeness (QED) is 0.184. The number of rotatable bonds is 4. The second kappa shape index (κ2) is 10.7. The molecule has 0 saturated carbocycles. The zero-order chi connectivity index (χ0) is 33.5. The number of fused-ring (bicyclic) bond motifs is 12. The van der Waals surface area contributed by atoms with Crippen LogP contribution in [0, 0.1) is 0 Å². The zero-order valence-corrected chi connectivity index (χ0v) is 27.9. The number of nitrogens with zero attached hydrogens (tertiary/aromatic N) is 2. The van der Waals surface area contributed by atoms with Crippen molar-refractivity contribution in [2.45, 2.75) is 5.41 Å². The predicted octanol–water partition coefficient (Wildman–Crippen LogP) is 12.6. The normalized spacial score (nSPS) is 13.3. The van der Waals surface area contributed by atoms with Gasteiger partial charge in [-0.3, -0.25) is 0 Å². The summed E-state index contributed by atoms with van der Waals surface area (Å²) in [4.78, 5) is 2.42. The van der Waals surface area contributed by atoms with E-state index in [0.29, 0.717) is 0 Å². The molecule has 238 valence electrons. The van der Waals surface area contributed by atoms with E-state index in [2.05, 4.69) is 204 Å². The van der Waals surface area contributed by atoms with Gasteiger partial charge in [-0.15, -0.1) is 0 Å². The first kappa shape index (κ1) is 28.2. The lowest BCUT2D eigenvalue weighted by molar-refractivity contribution is 0.748. The van der Waals surface area contributed by atoms with Crippen molar-refractivity contribution in [1.29, 1.82) is 0 Å². The summed E-state index contributed by atoms with van der Waals surface area (Å²) in [6.45, 7) is 0. The fourth-order valence-corrected chi connectivity index (χ4v) is 9.16. The Morgan fingerprint density at radius 2 is 0.922 bits per heavy atom. The minimum absolute atomic E-state index is 0.510. The molecule has 2 aliphatic rings. The zero-order valence-electron chi connectivity index (χ0n) is 27.9. The van der Waals surface area contributed by atoms with Crippen LogP contribution in [0.3, 0.4) is 0 Å². The lowest BCUT2D eigenvalue weighted by Crippen LogP contribution is -2.33. The third-order valence-corrected chi connectivity index (χ3v) is 11.1. The van der Waals surface area contributed by atoms with Crippen molar-refractivity contribution in [3.8, 4) is 27.9 Å². The topological polar surface area (TPSA) is 8.17 Å². The van der Waals surface area contributed by atoms with Crippen molar-refractivity contribution < 1.29 is 0 Å². The Morgan fingerprint density at radius 1 is 0.373 bits per heavy atom. The van der Waals surface area contributed by atoms with E-state index >= 15 is 0 Å². The average molecular weight is 649 g/mol. The van der Waals surface area contributed by atoms with Crippen LogP contribution in [-0.2, 0) is 5.41 Å². The second-order valence-corrected chi connectivity index (χ2v) is 13.7. The molecule has 0 radical (unpaired) electrons. The summed E-state index contributed by atoms with van der Waals surface area (Å²) in [7, 11) is 0. The van der Waals surface area contributed by atoms with Gasteiger partial charge >= 0.3 is 0 Å². The van der Waals surface area contributed by atoms with E-state index in [9.17, 15) is 0 Å². The van der Waals surface area contributed by atoms with Crippen LogP contribution >= 0.6 is 0 Å². The molecule has 0 saturated heterocycles. The molecular formula is C49H32N2. The maximum atomic E-state index is 2.54. The highest BCUT2D eigenvalue weighted by atomic mass is 15.1. The molecule has 2 heteroatoms. The lowest BCUT2D eigenvalue weighted by Gasteiger charge is -2.40. The van der Waals surface area contributed by atoms with E-state index in [1.54, 1.807) is 0 Å².